The van der Waals surface area contributed by atoms with Gasteiger partial charge >= 0.3 is 5.97 Å². The number of ether oxygens (including phenoxy) is 1. The SMILES string of the molecule is COC(=O)CCCSC(=S)NCc1ccccc1. The van der Waals surface area contributed by atoms with Gasteiger partial charge in [0, 0.05) is 18.7 Å². The van der Waals surface area contributed by atoms with Crippen LogP contribution in [0.3, 0.4) is 0 Å². The first-order valence-electron chi connectivity index (χ1n) is 5.73. The third-order valence-electron chi connectivity index (χ3n) is 2.27. The summed E-state index contributed by atoms with van der Waals surface area (Å²) in [6.45, 7) is 0.740. The van der Waals surface area contributed by atoms with Crippen molar-refractivity contribution in [1.82, 2.24) is 5.32 Å². The van der Waals surface area contributed by atoms with Crippen molar-refractivity contribution in [3.63, 3.8) is 0 Å². The zero-order valence-electron chi connectivity index (χ0n) is 10.3. The smallest absolute Gasteiger partial charge is 0.305 e. The fourth-order valence-electron chi connectivity index (χ4n) is 1.30. The van der Waals surface area contributed by atoms with Crippen LogP contribution in [0.15, 0.2) is 30.3 Å². The molecule has 5 heteroatoms. The molecular formula is C13H17NO2S2. The summed E-state index contributed by atoms with van der Waals surface area (Å²) in [5, 5.41) is 3.18. The Kier molecular flexibility index (Phi) is 7.44. The number of hydrogen-bond acceptors (Lipinski definition) is 4. The molecule has 0 amide bonds. The van der Waals surface area contributed by atoms with Crippen molar-refractivity contribution in [2.75, 3.05) is 12.9 Å². The van der Waals surface area contributed by atoms with E-state index < -0.39 is 0 Å². The van der Waals surface area contributed by atoms with Crippen LogP contribution in [0.4, 0.5) is 0 Å². The standard InChI is InChI=1S/C13H17NO2S2/c1-16-12(15)8-5-9-18-13(17)14-10-11-6-3-2-4-7-11/h2-4,6-7H,5,8-10H2,1H3,(H,14,17). The first kappa shape index (κ1) is 15.0. The molecule has 0 aliphatic carbocycles. The van der Waals surface area contributed by atoms with Crippen LogP contribution in [0.2, 0.25) is 0 Å². The molecule has 0 saturated heterocycles. The summed E-state index contributed by atoms with van der Waals surface area (Å²) in [6.07, 6.45) is 1.23. The van der Waals surface area contributed by atoms with Crippen molar-refractivity contribution in [2.24, 2.45) is 0 Å². The quantitative estimate of drug-likeness (QED) is 0.494. The van der Waals surface area contributed by atoms with Crippen LogP contribution in [-0.2, 0) is 16.1 Å². The number of hydrogen-bond donors (Lipinski definition) is 1. The largest absolute Gasteiger partial charge is 0.469 e. The van der Waals surface area contributed by atoms with Crippen molar-refractivity contribution in [1.29, 1.82) is 0 Å². The molecule has 0 unspecified atom stereocenters. The van der Waals surface area contributed by atoms with Gasteiger partial charge in [-0.3, -0.25) is 4.79 Å². The lowest BCUT2D eigenvalue weighted by Gasteiger charge is -2.07. The zero-order chi connectivity index (χ0) is 13.2. The molecule has 0 spiro atoms. The second-order valence-electron chi connectivity index (χ2n) is 3.65. The monoisotopic (exact) mass is 283 g/mol. The number of esters is 1. The van der Waals surface area contributed by atoms with E-state index in [0.29, 0.717) is 6.42 Å². The van der Waals surface area contributed by atoms with E-state index in [1.807, 2.05) is 18.2 Å². The molecule has 0 saturated carbocycles. The predicted octanol–water partition coefficient (Wildman–Crippen LogP) is 2.75. The van der Waals surface area contributed by atoms with Crippen molar-refractivity contribution in [2.45, 2.75) is 19.4 Å². The Hall–Kier alpha value is -1.07. The molecule has 3 nitrogen and oxygen atoms in total. The van der Waals surface area contributed by atoms with Crippen LogP contribution in [0, 0.1) is 0 Å². The first-order chi connectivity index (χ1) is 8.72. The maximum Gasteiger partial charge on any atom is 0.305 e. The fraction of sp³-hybridized carbons (Fsp3) is 0.385. The van der Waals surface area contributed by atoms with Gasteiger partial charge in [-0.25, -0.2) is 0 Å². The second-order valence-corrected chi connectivity index (χ2v) is 5.43. The van der Waals surface area contributed by atoms with Gasteiger partial charge in [-0.05, 0) is 12.0 Å². The van der Waals surface area contributed by atoms with Gasteiger partial charge in [0.2, 0.25) is 0 Å². The number of carbonyl (C=O) groups excluding carboxylic acids is 1. The molecule has 0 radical (unpaired) electrons. The van der Waals surface area contributed by atoms with E-state index >= 15 is 0 Å². The molecule has 0 heterocycles. The van der Waals surface area contributed by atoms with Crippen LogP contribution in [0.1, 0.15) is 18.4 Å². The number of benzene rings is 1. The topological polar surface area (TPSA) is 38.3 Å². The summed E-state index contributed by atoms with van der Waals surface area (Å²) in [6, 6.07) is 10.1. The third-order valence-corrected chi connectivity index (χ3v) is 3.66. The number of nitrogens with one attached hydrogen (secondary N) is 1. The van der Waals surface area contributed by atoms with Gasteiger partial charge in [0.15, 0.2) is 0 Å². The molecule has 0 fully saturated rings. The first-order valence-corrected chi connectivity index (χ1v) is 7.13. The van der Waals surface area contributed by atoms with E-state index in [1.165, 1.54) is 12.7 Å². The predicted molar refractivity (Wildman–Crippen MR) is 79.6 cm³/mol. The third kappa shape index (κ3) is 6.61. The van der Waals surface area contributed by atoms with Gasteiger partial charge in [-0.15, -0.1) is 0 Å². The second kappa shape index (κ2) is 8.94. The Bertz CT molecular complexity index is 382. The van der Waals surface area contributed by atoms with Crippen LogP contribution >= 0.6 is 24.0 Å². The molecule has 98 valence electrons. The Balaban J connectivity index is 2.09. The summed E-state index contributed by atoms with van der Waals surface area (Å²) in [5.41, 5.74) is 1.20. The van der Waals surface area contributed by atoms with Crippen molar-refractivity contribution >= 4 is 34.3 Å². The van der Waals surface area contributed by atoms with Gasteiger partial charge in [-0.2, -0.15) is 0 Å². The minimum atomic E-state index is -0.168. The number of carbonyl (C=O) groups is 1. The molecule has 0 atom stereocenters. The molecule has 1 N–H and O–H groups in total. The van der Waals surface area contributed by atoms with E-state index in [9.17, 15) is 4.79 Å². The van der Waals surface area contributed by atoms with E-state index in [2.05, 4.69) is 22.2 Å². The molecule has 0 aliphatic heterocycles. The van der Waals surface area contributed by atoms with Crippen LogP contribution < -0.4 is 5.32 Å². The summed E-state index contributed by atoms with van der Waals surface area (Å²) in [4.78, 5) is 10.9. The van der Waals surface area contributed by atoms with Crippen molar-refractivity contribution in [3.05, 3.63) is 35.9 Å². The van der Waals surface area contributed by atoms with Crippen LogP contribution in [0.5, 0.6) is 0 Å². The van der Waals surface area contributed by atoms with Gasteiger partial charge in [0.05, 0.1) is 7.11 Å². The van der Waals surface area contributed by atoms with Crippen LogP contribution in [-0.4, -0.2) is 23.2 Å². The number of thiocarbonyl (C=S) groups is 1. The Labute approximate surface area is 117 Å². The van der Waals surface area contributed by atoms with E-state index in [0.717, 1.165) is 23.0 Å². The maximum absolute atomic E-state index is 10.9. The van der Waals surface area contributed by atoms with Gasteiger partial charge in [-0.1, -0.05) is 54.3 Å². The van der Waals surface area contributed by atoms with Gasteiger partial charge in [0.25, 0.3) is 0 Å². The van der Waals surface area contributed by atoms with E-state index in [-0.39, 0.29) is 5.97 Å². The molecule has 0 aliphatic rings. The highest BCUT2D eigenvalue weighted by Crippen LogP contribution is 2.07. The van der Waals surface area contributed by atoms with Crippen LogP contribution in [0.25, 0.3) is 0 Å². The highest BCUT2D eigenvalue weighted by molar-refractivity contribution is 8.22. The zero-order valence-corrected chi connectivity index (χ0v) is 12.0. The molecule has 1 aromatic carbocycles. The Morgan fingerprint density at radius 1 is 1.39 bits per heavy atom. The summed E-state index contributed by atoms with van der Waals surface area (Å²) >= 11 is 6.76. The molecule has 1 rings (SSSR count). The Morgan fingerprint density at radius 2 is 2.11 bits per heavy atom. The summed E-state index contributed by atoms with van der Waals surface area (Å²) < 4.78 is 5.33. The summed E-state index contributed by atoms with van der Waals surface area (Å²) in [7, 11) is 1.40. The number of rotatable bonds is 6. The lowest BCUT2D eigenvalue weighted by atomic mass is 10.2. The minimum Gasteiger partial charge on any atom is -0.469 e. The lowest BCUT2D eigenvalue weighted by molar-refractivity contribution is -0.140. The Morgan fingerprint density at radius 3 is 2.78 bits per heavy atom. The molecule has 0 aromatic heterocycles. The highest BCUT2D eigenvalue weighted by Gasteiger charge is 2.01. The molecule has 0 bridgehead atoms. The normalized spacial score (nSPS) is 9.83. The number of methoxy groups -OCH3 is 1. The average Bonchev–Trinajstić information content (AvgIpc) is 2.42. The highest BCUT2D eigenvalue weighted by atomic mass is 32.2. The van der Waals surface area contributed by atoms with E-state index in [4.69, 9.17) is 12.2 Å². The van der Waals surface area contributed by atoms with Gasteiger partial charge in [0.1, 0.15) is 4.32 Å². The van der Waals surface area contributed by atoms with Crippen molar-refractivity contribution < 1.29 is 9.53 Å². The van der Waals surface area contributed by atoms with Gasteiger partial charge < -0.3 is 10.1 Å². The summed E-state index contributed by atoms with van der Waals surface area (Å²) in [5.74, 6) is 0.661. The molecule has 1 aromatic rings. The lowest BCUT2D eigenvalue weighted by Crippen LogP contribution is -2.18. The fourth-order valence-corrected chi connectivity index (χ4v) is 2.28. The molecular weight excluding hydrogens is 266 g/mol. The molecule has 18 heavy (non-hydrogen) atoms. The average molecular weight is 283 g/mol. The van der Waals surface area contributed by atoms with E-state index in [1.54, 1.807) is 11.8 Å². The maximum atomic E-state index is 10.9. The van der Waals surface area contributed by atoms with Crippen molar-refractivity contribution in [3.8, 4) is 0 Å². The number of thioether (sulfide) groups is 1. The minimum absolute atomic E-state index is 0.168.